The third-order valence-corrected chi connectivity index (χ3v) is 2.69. The van der Waals surface area contributed by atoms with Crippen molar-refractivity contribution in [3.63, 3.8) is 0 Å². The monoisotopic (exact) mass is 249 g/mol. The molecular weight excluding hydrogens is 226 g/mol. The quantitative estimate of drug-likeness (QED) is 0.841. The van der Waals surface area contributed by atoms with Crippen LogP contribution < -0.4 is 10.1 Å². The van der Waals surface area contributed by atoms with Crippen molar-refractivity contribution in [2.75, 3.05) is 6.54 Å². The summed E-state index contributed by atoms with van der Waals surface area (Å²) in [7, 11) is 0. The molecule has 1 aromatic rings. The molecule has 0 fully saturated rings. The van der Waals surface area contributed by atoms with Crippen LogP contribution in [0.1, 0.15) is 32.8 Å². The van der Waals surface area contributed by atoms with Crippen molar-refractivity contribution in [1.82, 2.24) is 5.32 Å². The Morgan fingerprint density at radius 1 is 1.33 bits per heavy atom. The van der Waals surface area contributed by atoms with Gasteiger partial charge in [-0.3, -0.25) is 4.79 Å². The van der Waals surface area contributed by atoms with Crippen LogP contribution in [-0.2, 0) is 4.79 Å². The Morgan fingerprint density at radius 2 is 2.06 bits per heavy atom. The first-order valence-electron chi connectivity index (χ1n) is 6.50. The van der Waals surface area contributed by atoms with Crippen molar-refractivity contribution in [2.45, 2.75) is 40.2 Å². The maximum atomic E-state index is 11.8. The first-order valence-corrected chi connectivity index (χ1v) is 6.50. The number of carbonyl (C=O) groups excluding carboxylic acids is 1. The molecule has 0 heterocycles. The molecule has 0 aliphatic rings. The molecule has 1 rings (SSSR count). The Labute approximate surface area is 110 Å². The third-order valence-electron chi connectivity index (χ3n) is 2.69. The third kappa shape index (κ3) is 5.21. The first kappa shape index (κ1) is 14.6. The second-order valence-electron chi connectivity index (χ2n) is 5.05. The summed E-state index contributed by atoms with van der Waals surface area (Å²) in [4.78, 5) is 11.8. The fraction of sp³-hybridized carbons (Fsp3) is 0.533. The van der Waals surface area contributed by atoms with Crippen LogP contribution in [0.4, 0.5) is 0 Å². The number of rotatable bonds is 6. The average Bonchev–Trinajstić information content (AvgIpc) is 2.28. The summed E-state index contributed by atoms with van der Waals surface area (Å²) in [6, 6.07) is 7.72. The number of amides is 1. The maximum Gasteiger partial charge on any atom is 0.260 e. The lowest BCUT2D eigenvalue weighted by Gasteiger charge is -2.15. The normalized spacial score (nSPS) is 12.3. The second-order valence-corrected chi connectivity index (χ2v) is 5.05. The van der Waals surface area contributed by atoms with Crippen molar-refractivity contribution in [3.05, 3.63) is 29.8 Å². The predicted octanol–water partition coefficient (Wildman–Crippen LogP) is 2.92. The van der Waals surface area contributed by atoms with Gasteiger partial charge >= 0.3 is 0 Å². The minimum absolute atomic E-state index is 0.0582. The number of nitrogens with one attached hydrogen (secondary N) is 1. The van der Waals surface area contributed by atoms with E-state index in [2.05, 4.69) is 19.2 Å². The molecular formula is C15H23NO2. The molecule has 0 aliphatic carbocycles. The largest absolute Gasteiger partial charge is 0.481 e. The Hall–Kier alpha value is -1.51. The van der Waals surface area contributed by atoms with Gasteiger partial charge in [-0.15, -0.1) is 0 Å². The highest BCUT2D eigenvalue weighted by Gasteiger charge is 2.13. The van der Waals surface area contributed by atoms with Gasteiger partial charge in [-0.05, 0) is 43.9 Å². The Balaban J connectivity index is 2.40. The van der Waals surface area contributed by atoms with Crippen LogP contribution in [0.5, 0.6) is 5.75 Å². The predicted molar refractivity (Wildman–Crippen MR) is 73.7 cm³/mol. The van der Waals surface area contributed by atoms with Gasteiger partial charge < -0.3 is 10.1 Å². The van der Waals surface area contributed by atoms with Gasteiger partial charge in [0.1, 0.15) is 5.75 Å². The van der Waals surface area contributed by atoms with Gasteiger partial charge in [-0.1, -0.05) is 26.0 Å². The number of benzene rings is 1. The first-order chi connectivity index (χ1) is 8.49. The van der Waals surface area contributed by atoms with Gasteiger partial charge in [0.2, 0.25) is 0 Å². The average molecular weight is 249 g/mol. The molecule has 0 unspecified atom stereocenters. The van der Waals surface area contributed by atoms with Gasteiger partial charge in [-0.2, -0.15) is 0 Å². The molecule has 0 bridgehead atoms. The number of ether oxygens (including phenoxy) is 1. The fourth-order valence-electron chi connectivity index (χ4n) is 1.57. The van der Waals surface area contributed by atoms with Crippen LogP contribution in [0, 0.1) is 12.8 Å². The summed E-state index contributed by atoms with van der Waals surface area (Å²) in [6.07, 6.45) is 0.530. The molecule has 0 radical (unpaired) electrons. The van der Waals surface area contributed by atoms with E-state index < -0.39 is 6.10 Å². The lowest BCUT2D eigenvalue weighted by molar-refractivity contribution is -0.127. The molecule has 18 heavy (non-hydrogen) atoms. The topological polar surface area (TPSA) is 38.3 Å². The molecule has 1 N–H and O–H groups in total. The van der Waals surface area contributed by atoms with E-state index in [4.69, 9.17) is 4.74 Å². The minimum atomic E-state index is -0.459. The molecule has 0 spiro atoms. The molecule has 0 saturated carbocycles. The molecule has 0 aliphatic heterocycles. The SMILES string of the molecule is Cc1cccc(O[C@H](C)C(=O)NCCC(C)C)c1. The highest BCUT2D eigenvalue weighted by molar-refractivity contribution is 5.80. The molecule has 3 nitrogen and oxygen atoms in total. The Bertz CT molecular complexity index is 388. The van der Waals surface area contributed by atoms with Crippen molar-refractivity contribution >= 4 is 5.91 Å². The zero-order chi connectivity index (χ0) is 13.5. The number of aryl methyl sites for hydroxylation is 1. The summed E-state index contributed by atoms with van der Waals surface area (Å²) in [6.45, 7) is 8.75. The van der Waals surface area contributed by atoms with Crippen LogP contribution in [0.25, 0.3) is 0 Å². The molecule has 3 heteroatoms. The highest BCUT2D eigenvalue weighted by Crippen LogP contribution is 2.14. The van der Waals surface area contributed by atoms with Crippen molar-refractivity contribution in [3.8, 4) is 5.75 Å². The molecule has 1 aromatic carbocycles. The second kappa shape index (κ2) is 7.04. The van der Waals surface area contributed by atoms with Gasteiger partial charge in [0.25, 0.3) is 5.91 Å². The van der Waals surface area contributed by atoms with Crippen LogP contribution in [0.2, 0.25) is 0 Å². The standard InChI is InChI=1S/C15H23NO2/c1-11(2)8-9-16-15(17)13(4)18-14-7-5-6-12(3)10-14/h5-7,10-11,13H,8-9H2,1-4H3,(H,16,17)/t13-/m1/s1. The lowest BCUT2D eigenvalue weighted by atomic mass is 10.1. The number of carbonyl (C=O) groups is 1. The van der Waals surface area contributed by atoms with Crippen LogP contribution in [-0.4, -0.2) is 18.6 Å². The van der Waals surface area contributed by atoms with E-state index in [9.17, 15) is 4.79 Å². The summed E-state index contributed by atoms with van der Waals surface area (Å²) in [5.41, 5.74) is 1.12. The minimum Gasteiger partial charge on any atom is -0.481 e. The van der Waals surface area contributed by atoms with Crippen molar-refractivity contribution < 1.29 is 9.53 Å². The van der Waals surface area contributed by atoms with E-state index in [0.717, 1.165) is 17.7 Å². The molecule has 0 saturated heterocycles. The van der Waals surface area contributed by atoms with Gasteiger partial charge in [0.15, 0.2) is 6.10 Å². The Morgan fingerprint density at radius 3 is 2.67 bits per heavy atom. The lowest BCUT2D eigenvalue weighted by Crippen LogP contribution is -2.37. The van der Waals surface area contributed by atoms with Crippen LogP contribution >= 0.6 is 0 Å². The maximum absolute atomic E-state index is 11.8. The summed E-state index contributed by atoms with van der Waals surface area (Å²) < 4.78 is 5.60. The smallest absolute Gasteiger partial charge is 0.260 e. The summed E-state index contributed by atoms with van der Waals surface area (Å²) in [5.74, 6) is 1.27. The fourth-order valence-corrected chi connectivity index (χ4v) is 1.57. The zero-order valence-electron chi connectivity index (χ0n) is 11.7. The van der Waals surface area contributed by atoms with Crippen LogP contribution in [0.15, 0.2) is 24.3 Å². The van der Waals surface area contributed by atoms with Gasteiger partial charge in [-0.25, -0.2) is 0 Å². The van der Waals surface area contributed by atoms with E-state index in [1.54, 1.807) is 6.92 Å². The van der Waals surface area contributed by atoms with Crippen molar-refractivity contribution in [2.24, 2.45) is 5.92 Å². The van der Waals surface area contributed by atoms with Gasteiger partial charge in [0, 0.05) is 6.54 Å². The van der Waals surface area contributed by atoms with E-state index in [1.807, 2.05) is 31.2 Å². The Kier molecular flexibility index (Phi) is 5.69. The number of hydrogen-bond acceptors (Lipinski definition) is 2. The van der Waals surface area contributed by atoms with Crippen LogP contribution in [0.3, 0.4) is 0 Å². The molecule has 1 atom stereocenters. The molecule has 100 valence electrons. The van der Waals surface area contributed by atoms with E-state index in [-0.39, 0.29) is 5.91 Å². The van der Waals surface area contributed by atoms with Gasteiger partial charge in [0.05, 0.1) is 0 Å². The number of hydrogen-bond donors (Lipinski definition) is 1. The zero-order valence-corrected chi connectivity index (χ0v) is 11.7. The van der Waals surface area contributed by atoms with Crippen molar-refractivity contribution in [1.29, 1.82) is 0 Å². The summed E-state index contributed by atoms with van der Waals surface area (Å²) in [5, 5.41) is 2.88. The molecule has 0 aromatic heterocycles. The summed E-state index contributed by atoms with van der Waals surface area (Å²) >= 11 is 0. The van der Waals surface area contributed by atoms with E-state index in [0.29, 0.717) is 12.5 Å². The van der Waals surface area contributed by atoms with E-state index >= 15 is 0 Å². The highest BCUT2D eigenvalue weighted by atomic mass is 16.5. The van der Waals surface area contributed by atoms with E-state index in [1.165, 1.54) is 0 Å². The molecule has 1 amide bonds.